The minimum Gasteiger partial charge on any atom is -0.494 e. The lowest BCUT2D eigenvalue weighted by molar-refractivity contribution is 0.377. The Labute approximate surface area is 136 Å². The molecule has 0 radical (unpaired) electrons. The number of halogens is 4. The lowest BCUT2D eigenvalue weighted by atomic mass is 9.93. The largest absolute Gasteiger partial charge is 0.494 e. The van der Waals surface area contributed by atoms with Crippen LogP contribution in [0.2, 0.25) is 0 Å². The summed E-state index contributed by atoms with van der Waals surface area (Å²) in [6.45, 7) is 0. The van der Waals surface area contributed by atoms with E-state index in [0.29, 0.717) is 0 Å². The molecule has 2 rings (SSSR count). The first-order valence-electron chi connectivity index (χ1n) is 6.87. The average molecular weight is 344 g/mol. The fourth-order valence-corrected chi connectivity index (χ4v) is 2.30. The molecule has 0 aliphatic heterocycles. The van der Waals surface area contributed by atoms with Gasteiger partial charge in [0.2, 0.25) is 0 Å². The molecule has 0 heterocycles. The van der Waals surface area contributed by atoms with Crippen LogP contribution in [0.1, 0.15) is 23.2 Å². The maximum atomic E-state index is 14.1. The highest BCUT2D eigenvalue weighted by Crippen LogP contribution is 2.33. The Balaban J connectivity index is 2.42. The Hall–Kier alpha value is -2.32. The number of nitrogens with two attached hydrogens (primary N) is 2. The van der Waals surface area contributed by atoms with E-state index in [1.807, 2.05) is 0 Å². The molecule has 0 bridgehead atoms. The summed E-state index contributed by atoms with van der Waals surface area (Å²) in [5.74, 6) is -4.05. The number of ether oxygens (including phenoxy) is 2. The molecule has 130 valence electrons. The standard InChI is InChI=1S/C16H16F4N2O2/c1-23-13-5-9(17)7(3-11(13)19)15(21)16(22)8-4-12(20)14(24-2)6-10(8)18/h3-6,15-16H,21-22H2,1-2H3. The van der Waals surface area contributed by atoms with Gasteiger partial charge in [-0.25, -0.2) is 17.6 Å². The summed E-state index contributed by atoms with van der Waals surface area (Å²) in [4.78, 5) is 0. The van der Waals surface area contributed by atoms with E-state index < -0.39 is 35.4 Å². The van der Waals surface area contributed by atoms with Crippen LogP contribution in [0.3, 0.4) is 0 Å². The molecule has 2 aromatic carbocycles. The van der Waals surface area contributed by atoms with Crippen molar-refractivity contribution < 1.29 is 27.0 Å². The quantitative estimate of drug-likeness (QED) is 0.818. The minimum atomic E-state index is -1.31. The highest BCUT2D eigenvalue weighted by Gasteiger charge is 2.26. The third kappa shape index (κ3) is 3.29. The van der Waals surface area contributed by atoms with Gasteiger partial charge >= 0.3 is 0 Å². The van der Waals surface area contributed by atoms with Crippen molar-refractivity contribution in [3.63, 3.8) is 0 Å². The zero-order valence-electron chi connectivity index (χ0n) is 12.9. The first-order valence-corrected chi connectivity index (χ1v) is 6.87. The van der Waals surface area contributed by atoms with Crippen molar-refractivity contribution in [2.45, 2.75) is 12.1 Å². The second kappa shape index (κ2) is 7.06. The summed E-state index contributed by atoms with van der Waals surface area (Å²) >= 11 is 0. The van der Waals surface area contributed by atoms with Crippen molar-refractivity contribution in [1.29, 1.82) is 0 Å². The van der Waals surface area contributed by atoms with Gasteiger partial charge in [0.1, 0.15) is 11.6 Å². The normalized spacial score (nSPS) is 13.5. The Kier molecular flexibility index (Phi) is 5.30. The molecule has 0 spiro atoms. The second-order valence-electron chi connectivity index (χ2n) is 5.07. The highest BCUT2D eigenvalue weighted by molar-refractivity contribution is 5.37. The van der Waals surface area contributed by atoms with Crippen LogP contribution in [-0.2, 0) is 0 Å². The smallest absolute Gasteiger partial charge is 0.165 e. The average Bonchev–Trinajstić information content (AvgIpc) is 2.56. The van der Waals surface area contributed by atoms with Gasteiger partial charge in [-0.15, -0.1) is 0 Å². The van der Waals surface area contributed by atoms with Crippen LogP contribution < -0.4 is 20.9 Å². The molecule has 8 heteroatoms. The van der Waals surface area contributed by atoms with Crippen LogP contribution in [0.15, 0.2) is 24.3 Å². The van der Waals surface area contributed by atoms with Gasteiger partial charge < -0.3 is 20.9 Å². The monoisotopic (exact) mass is 344 g/mol. The molecule has 2 aromatic rings. The highest BCUT2D eigenvalue weighted by atomic mass is 19.1. The molecule has 2 unspecified atom stereocenters. The summed E-state index contributed by atoms with van der Waals surface area (Å²) in [5, 5.41) is 0. The SMILES string of the molecule is COc1cc(F)c(C(N)C(N)c2cc(F)c(OC)cc2F)cc1F. The molecule has 0 aliphatic carbocycles. The van der Waals surface area contributed by atoms with Crippen molar-refractivity contribution in [1.82, 2.24) is 0 Å². The Morgan fingerprint density at radius 2 is 1.00 bits per heavy atom. The molecule has 0 fully saturated rings. The molecule has 0 aromatic heterocycles. The molecular formula is C16H16F4N2O2. The second-order valence-corrected chi connectivity index (χ2v) is 5.07. The molecule has 4 N–H and O–H groups in total. The van der Waals surface area contributed by atoms with Crippen molar-refractivity contribution in [2.75, 3.05) is 14.2 Å². The molecule has 24 heavy (non-hydrogen) atoms. The van der Waals surface area contributed by atoms with Gasteiger partial charge in [-0.1, -0.05) is 0 Å². The van der Waals surface area contributed by atoms with Crippen LogP contribution >= 0.6 is 0 Å². The summed E-state index contributed by atoms with van der Waals surface area (Å²) in [7, 11) is 2.36. The third-order valence-corrected chi connectivity index (χ3v) is 3.65. The predicted octanol–water partition coefficient (Wildman–Crippen LogP) is 2.96. The van der Waals surface area contributed by atoms with E-state index >= 15 is 0 Å². The molecule has 0 saturated carbocycles. The first kappa shape index (κ1) is 18.0. The van der Waals surface area contributed by atoms with E-state index in [2.05, 4.69) is 9.47 Å². The summed E-state index contributed by atoms with van der Waals surface area (Å²) in [6.07, 6.45) is 0. The van der Waals surface area contributed by atoms with Crippen molar-refractivity contribution in [2.24, 2.45) is 11.5 Å². The zero-order chi connectivity index (χ0) is 18.0. The van der Waals surface area contributed by atoms with E-state index in [0.717, 1.165) is 24.3 Å². The van der Waals surface area contributed by atoms with Crippen LogP contribution in [0.25, 0.3) is 0 Å². The van der Waals surface area contributed by atoms with Crippen molar-refractivity contribution in [3.05, 3.63) is 58.7 Å². The van der Waals surface area contributed by atoms with Gasteiger partial charge in [0, 0.05) is 23.3 Å². The third-order valence-electron chi connectivity index (χ3n) is 3.65. The van der Waals surface area contributed by atoms with Gasteiger partial charge in [-0.05, 0) is 12.1 Å². The Morgan fingerprint density at radius 3 is 1.29 bits per heavy atom. The molecule has 0 saturated heterocycles. The number of methoxy groups -OCH3 is 2. The van der Waals surface area contributed by atoms with E-state index in [-0.39, 0.29) is 22.6 Å². The summed E-state index contributed by atoms with van der Waals surface area (Å²) in [6, 6.07) is 0.623. The van der Waals surface area contributed by atoms with E-state index in [1.165, 1.54) is 14.2 Å². The Morgan fingerprint density at radius 1 is 0.667 bits per heavy atom. The number of benzene rings is 2. The van der Waals surface area contributed by atoms with E-state index in [9.17, 15) is 17.6 Å². The predicted molar refractivity (Wildman–Crippen MR) is 79.7 cm³/mol. The fourth-order valence-electron chi connectivity index (χ4n) is 2.30. The first-order chi connectivity index (χ1) is 11.3. The lowest BCUT2D eigenvalue weighted by Crippen LogP contribution is -2.28. The fraction of sp³-hybridized carbons (Fsp3) is 0.250. The van der Waals surface area contributed by atoms with Crippen LogP contribution in [0.5, 0.6) is 11.5 Å². The van der Waals surface area contributed by atoms with Crippen molar-refractivity contribution >= 4 is 0 Å². The number of rotatable bonds is 5. The summed E-state index contributed by atoms with van der Waals surface area (Å²) in [5.41, 5.74) is 11.1. The Bertz CT molecular complexity index is 692. The maximum absolute atomic E-state index is 14.1. The van der Waals surface area contributed by atoms with Gasteiger partial charge in [0.25, 0.3) is 0 Å². The molecular weight excluding hydrogens is 328 g/mol. The minimum absolute atomic E-state index is 0.281. The van der Waals surface area contributed by atoms with Crippen molar-refractivity contribution in [3.8, 4) is 11.5 Å². The summed E-state index contributed by atoms with van der Waals surface area (Å²) < 4.78 is 65.0. The topological polar surface area (TPSA) is 70.5 Å². The van der Waals surface area contributed by atoms with Gasteiger partial charge in [-0.2, -0.15) is 0 Å². The molecule has 0 aliphatic rings. The molecule has 2 atom stereocenters. The lowest BCUT2D eigenvalue weighted by Gasteiger charge is -2.22. The number of hydrogen-bond donors (Lipinski definition) is 2. The number of hydrogen-bond acceptors (Lipinski definition) is 4. The van der Waals surface area contributed by atoms with E-state index in [1.54, 1.807) is 0 Å². The van der Waals surface area contributed by atoms with Crippen LogP contribution in [0.4, 0.5) is 17.6 Å². The van der Waals surface area contributed by atoms with E-state index in [4.69, 9.17) is 11.5 Å². The van der Waals surface area contributed by atoms with Gasteiger partial charge in [0.05, 0.1) is 26.3 Å². The molecule has 0 amide bonds. The maximum Gasteiger partial charge on any atom is 0.165 e. The van der Waals surface area contributed by atoms with Crippen LogP contribution in [0, 0.1) is 23.3 Å². The zero-order valence-corrected chi connectivity index (χ0v) is 12.9. The van der Waals surface area contributed by atoms with Gasteiger partial charge in [-0.3, -0.25) is 0 Å². The molecule has 4 nitrogen and oxygen atoms in total. The van der Waals surface area contributed by atoms with Gasteiger partial charge in [0.15, 0.2) is 23.1 Å². The van der Waals surface area contributed by atoms with Crippen LogP contribution in [-0.4, -0.2) is 14.2 Å².